The lowest BCUT2D eigenvalue weighted by molar-refractivity contribution is 0.0943. The molecule has 1 heterocycles. The molecule has 1 aromatic heterocycles. The van der Waals surface area contributed by atoms with Gasteiger partial charge in [-0.1, -0.05) is 0 Å². The normalized spacial score (nSPS) is 18.9. The second kappa shape index (κ2) is 9.20. The van der Waals surface area contributed by atoms with Crippen molar-refractivity contribution in [2.24, 2.45) is 5.92 Å². The highest BCUT2D eigenvalue weighted by Crippen LogP contribution is 2.26. The smallest absolute Gasteiger partial charge is 0.251 e. The van der Waals surface area contributed by atoms with Crippen LogP contribution in [-0.2, 0) is 0 Å². The number of carbonyl (C=O) groups excluding carboxylic acids is 1. The van der Waals surface area contributed by atoms with Crippen molar-refractivity contribution in [3.05, 3.63) is 47.0 Å². The monoisotopic (exact) mass is 399 g/mol. The van der Waals surface area contributed by atoms with Gasteiger partial charge in [-0.25, -0.2) is 14.4 Å². The summed E-state index contributed by atoms with van der Waals surface area (Å²) in [6, 6.07) is 6.83. The number of nitrogens with one attached hydrogen (secondary N) is 2. The molecule has 0 aliphatic heterocycles. The Kier molecular flexibility index (Phi) is 6.67. The van der Waals surface area contributed by atoms with Gasteiger partial charge in [-0.05, 0) is 69.2 Å². The van der Waals surface area contributed by atoms with Gasteiger partial charge in [0.05, 0.1) is 0 Å². The highest BCUT2D eigenvalue weighted by molar-refractivity contribution is 5.94. The Bertz CT molecular complexity index is 862. The van der Waals surface area contributed by atoms with Crippen molar-refractivity contribution in [1.29, 1.82) is 0 Å². The maximum Gasteiger partial charge on any atom is 0.251 e. The third-order valence-electron chi connectivity index (χ3n) is 5.45. The largest absolute Gasteiger partial charge is 0.367 e. The van der Waals surface area contributed by atoms with E-state index >= 15 is 0 Å². The van der Waals surface area contributed by atoms with Crippen LogP contribution < -0.4 is 15.5 Å². The fraction of sp³-hybridized carbons (Fsp3) is 0.500. The molecule has 2 aromatic rings. The van der Waals surface area contributed by atoms with E-state index in [9.17, 15) is 9.18 Å². The quantitative estimate of drug-likeness (QED) is 0.775. The Hall–Kier alpha value is -2.70. The van der Waals surface area contributed by atoms with Crippen molar-refractivity contribution in [3.8, 4) is 0 Å². The van der Waals surface area contributed by atoms with Crippen molar-refractivity contribution in [3.63, 3.8) is 0 Å². The second-order valence-corrected chi connectivity index (χ2v) is 8.09. The Balaban J connectivity index is 1.47. The van der Waals surface area contributed by atoms with E-state index in [4.69, 9.17) is 0 Å². The zero-order chi connectivity index (χ0) is 21.0. The van der Waals surface area contributed by atoms with E-state index in [0.717, 1.165) is 43.1 Å². The van der Waals surface area contributed by atoms with E-state index in [-0.39, 0.29) is 11.7 Å². The summed E-state index contributed by atoms with van der Waals surface area (Å²) in [6.07, 6.45) is 4.17. The fourth-order valence-electron chi connectivity index (χ4n) is 3.70. The van der Waals surface area contributed by atoms with Gasteiger partial charge in [0.2, 0.25) is 0 Å². The van der Waals surface area contributed by atoms with Crippen molar-refractivity contribution < 1.29 is 9.18 Å². The third-order valence-corrected chi connectivity index (χ3v) is 5.45. The van der Waals surface area contributed by atoms with Gasteiger partial charge in [-0.3, -0.25) is 4.79 Å². The number of aryl methyl sites for hydroxylation is 2. The lowest BCUT2D eigenvalue weighted by atomic mass is 9.86. The van der Waals surface area contributed by atoms with E-state index in [1.54, 1.807) is 13.0 Å². The van der Waals surface area contributed by atoms with Crippen LogP contribution in [0.3, 0.4) is 0 Å². The number of carbonyl (C=O) groups is 1. The molecule has 3 rings (SSSR count). The molecule has 1 amide bonds. The highest BCUT2D eigenvalue weighted by Gasteiger charge is 2.22. The van der Waals surface area contributed by atoms with Gasteiger partial charge < -0.3 is 15.5 Å². The first-order valence-corrected chi connectivity index (χ1v) is 10.2. The molecule has 0 atom stereocenters. The highest BCUT2D eigenvalue weighted by atomic mass is 19.1. The number of hydrogen-bond acceptors (Lipinski definition) is 5. The summed E-state index contributed by atoms with van der Waals surface area (Å²) in [4.78, 5) is 23.2. The van der Waals surface area contributed by atoms with Crippen LogP contribution in [0.25, 0.3) is 0 Å². The van der Waals surface area contributed by atoms with Gasteiger partial charge >= 0.3 is 0 Å². The molecule has 0 unspecified atom stereocenters. The second-order valence-electron chi connectivity index (χ2n) is 8.09. The molecule has 29 heavy (non-hydrogen) atoms. The molecule has 1 aliphatic carbocycles. The van der Waals surface area contributed by atoms with Crippen molar-refractivity contribution in [2.75, 3.05) is 30.9 Å². The number of rotatable bonds is 6. The lowest BCUT2D eigenvalue weighted by Gasteiger charge is -2.29. The maximum atomic E-state index is 13.4. The molecule has 2 N–H and O–H groups in total. The van der Waals surface area contributed by atoms with Crippen molar-refractivity contribution >= 4 is 17.5 Å². The first kappa shape index (κ1) is 21.0. The number of halogens is 1. The minimum absolute atomic E-state index is 0.138. The zero-order valence-electron chi connectivity index (χ0n) is 17.6. The molecule has 1 saturated carbocycles. The van der Waals surface area contributed by atoms with Crippen molar-refractivity contribution in [1.82, 2.24) is 15.3 Å². The number of aromatic nitrogens is 2. The summed E-state index contributed by atoms with van der Waals surface area (Å²) < 4.78 is 13.4. The molecule has 7 heteroatoms. The molecule has 0 spiro atoms. The Morgan fingerprint density at radius 3 is 2.52 bits per heavy atom. The van der Waals surface area contributed by atoms with Gasteiger partial charge in [0.1, 0.15) is 23.3 Å². The van der Waals surface area contributed by atoms with Crippen LogP contribution in [0.4, 0.5) is 16.0 Å². The number of benzene rings is 1. The van der Waals surface area contributed by atoms with Crippen LogP contribution in [0.2, 0.25) is 0 Å². The summed E-state index contributed by atoms with van der Waals surface area (Å²) in [7, 11) is 3.94. The molecule has 1 aromatic carbocycles. The summed E-state index contributed by atoms with van der Waals surface area (Å²) in [5.41, 5.74) is 0.997. The molecule has 1 aliphatic rings. The van der Waals surface area contributed by atoms with Crippen LogP contribution in [0.1, 0.15) is 47.4 Å². The number of amides is 1. The zero-order valence-corrected chi connectivity index (χ0v) is 17.6. The predicted octanol–water partition coefficient (Wildman–Crippen LogP) is 3.70. The van der Waals surface area contributed by atoms with E-state index in [1.807, 2.05) is 32.0 Å². The fourth-order valence-corrected chi connectivity index (χ4v) is 3.70. The maximum absolute atomic E-state index is 13.4. The minimum Gasteiger partial charge on any atom is -0.367 e. The van der Waals surface area contributed by atoms with E-state index in [2.05, 4.69) is 20.6 Å². The van der Waals surface area contributed by atoms with Gasteiger partial charge in [-0.2, -0.15) is 0 Å². The molecule has 0 radical (unpaired) electrons. The molecular weight excluding hydrogens is 369 g/mol. The standard InChI is InChI=1S/C22H30FN5O/c1-14-11-17(7-10-19(14)23)22(29)24-13-16-5-8-18(9-6-16)27-20-12-21(28(3)4)26-15(2)25-20/h7,10-12,16,18H,5-6,8-9,13H2,1-4H3,(H,24,29)(H,25,26,27). The minimum atomic E-state index is -0.288. The molecule has 1 fully saturated rings. The average Bonchev–Trinajstić information content (AvgIpc) is 2.69. The van der Waals surface area contributed by atoms with Gasteiger partial charge in [-0.15, -0.1) is 0 Å². The molecular formula is C22H30FN5O. The van der Waals surface area contributed by atoms with E-state index < -0.39 is 0 Å². The van der Waals surface area contributed by atoms with Crippen LogP contribution in [0, 0.1) is 25.6 Å². The summed E-state index contributed by atoms with van der Waals surface area (Å²) in [5, 5.41) is 6.54. The molecule has 6 nitrogen and oxygen atoms in total. The van der Waals surface area contributed by atoms with Gasteiger partial charge in [0.15, 0.2) is 0 Å². The van der Waals surface area contributed by atoms with Crippen LogP contribution >= 0.6 is 0 Å². The topological polar surface area (TPSA) is 70.2 Å². The van der Waals surface area contributed by atoms with Gasteiger partial charge in [0.25, 0.3) is 5.91 Å². The van der Waals surface area contributed by atoms with Crippen LogP contribution in [0.5, 0.6) is 0 Å². The number of anilines is 2. The van der Waals surface area contributed by atoms with E-state index in [1.165, 1.54) is 12.1 Å². The van der Waals surface area contributed by atoms with Crippen molar-refractivity contribution in [2.45, 2.75) is 45.6 Å². The summed E-state index contributed by atoms with van der Waals surface area (Å²) in [6.45, 7) is 4.22. The lowest BCUT2D eigenvalue weighted by Crippen LogP contribution is -2.34. The number of hydrogen-bond donors (Lipinski definition) is 2. The summed E-state index contributed by atoms with van der Waals surface area (Å²) >= 11 is 0. The Labute approximate surface area is 171 Å². The van der Waals surface area contributed by atoms with Crippen LogP contribution in [-0.4, -0.2) is 42.6 Å². The Morgan fingerprint density at radius 2 is 1.86 bits per heavy atom. The van der Waals surface area contributed by atoms with Gasteiger partial charge in [0, 0.05) is 38.3 Å². The predicted molar refractivity (Wildman–Crippen MR) is 114 cm³/mol. The molecule has 0 saturated heterocycles. The average molecular weight is 400 g/mol. The summed E-state index contributed by atoms with van der Waals surface area (Å²) in [5.74, 6) is 2.55. The Morgan fingerprint density at radius 1 is 1.14 bits per heavy atom. The first-order chi connectivity index (χ1) is 13.8. The third kappa shape index (κ3) is 5.65. The molecule has 156 valence electrons. The SMILES string of the molecule is Cc1nc(NC2CCC(CNC(=O)c3ccc(F)c(C)c3)CC2)cc(N(C)C)n1. The first-order valence-electron chi connectivity index (χ1n) is 10.2. The van der Waals surface area contributed by atoms with Crippen LogP contribution in [0.15, 0.2) is 24.3 Å². The number of nitrogens with zero attached hydrogens (tertiary/aromatic N) is 3. The van der Waals surface area contributed by atoms with E-state index in [0.29, 0.717) is 29.6 Å². The molecule has 0 bridgehead atoms.